The molecule has 0 aromatic heterocycles. The van der Waals surface area contributed by atoms with Crippen LogP contribution in [0.1, 0.15) is 15.9 Å². The van der Waals surface area contributed by atoms with E-state index in [-0.39, 0.29) is 6.42 Å². The number of hydrogen-bond acceptors (Lipinski definition) is 3. The van der Waals surface area contributed by atoms with Crippen LogP contribution >= 0.6 is 0 Å². The van der Waals surface area contributed by atoms with E-state index in [1.807, 2.05) is 60.7 Å². The fourth-order valence-corrected chi connectivity index (χ4v) is 3.07. The minimum atomic E-state index is -1.15. The maximum Gasteiger partial charge on any atom is 0.252 e. The zero-order valence-corrected chi connectivity index (χ0v) is 15.7. The first-order chi connectivity index (χ1) is 14.1. The molecule has 3 aromatic rings. The van der Waals surface area contributed by atoms with Gasteiger partial charge < -0.3 is 10.6 Å². The summed E-state index contributed by atoms with van der Waals surface area (Å²) in [5, 5.41) is 6.86. The topological polar surface area (TPSA) is 75.3 Å². The smallest absolute Gasteiger partial charge is 0.252 e. The van der Waals surface area contributed by atoms with Crippen molar-refractivity contribution in [1.29, 1.82) is 0 Å². The summed E-state index contributed by atoms with van der Waals surface area (Å²) in [5.41, 5.74) is 1.30. The van der Waals surface area contributed by atoms with Gasteiger partial charge in [-0.05, 0) is 22.4 Å². The number of benzene rings is 3. The van der Waals surface area contributed by atoms with Gasteiger partial charge in [0.15, 0.2) is 5.78 Å². The summed E-state index contributed by atoms with van der Waals surface area (Å²) < 4.78 is 12.4. The largest absolute Gasteiger partial charge is 0.347 e. The van der Waals surface area contributed by atoms with E-state index in [0.29, 0.717) is 5.56 Å². The molecule has 2 N–H and O–H groups in total. The maximum atomic E-state index is 12.9. The zero-order valence-electron chi connectivity index (χ0n) is 15.7. The Morgan fingerprint density at radius 2 is 1.55 bits per heavy atom. The maximum absolute atomic E-state index is 12.9. The fraction of sp³-hybridized carbons (Fsp3) is 0.174. The quantitative estimate of drug-likeness (QED) is 0.619. The van der Waals surface area contributed by atoms with Crippen molar-refractivity contribution in [3.05, 3.63) is 83.9 Å². The molecule has 3 rings (SSSR count). The number of alkyl halides is 1. The molecule has 0 fully saturated rings. The van der Waals surface area contributed by atoms with Crippen LogP contribution in [0.3, 0.4) is 0 Å². The Balaban J connectivity index is 1.82. The van der Waals surface area contributed by atoms with E-state index in [4.69, 9.17) is 0 Å². The Morgan fingerprint density at radius 1 is 0.862 bits per heavy atom. The van der Waals surface area contributed by atoms with Gasteiger partial charge in [-0.15, -0.1) is 0 Å². The Morgan fingerprint density at radius 3 is 2.31 bits per heavy atom. The summed E-state index contributed by atoms with van der Waals surface area (Å²) in [4.78, 5) is 36.7. The first-order valence-electron chi connectivity index (χ1n) is 9.26. The highest BCUT2D eigenvalue weighted by Crippen LogP contribution is 2.18. The van der Waals surface area contributed by atoms with E-state index in [0.717, 1.165) is 16.3 Å². The second-order valence-electron chi connectivity index (χ2n) is 6.63. The van der Waals surface area contributed by atoms with Crippen LogP contribution in [0, 0.1) is 0 Å². The van der Waals surface area contributed by atoms with Crippen LogP contribution in [-0.2, 0) is 16.0 Å². The number of Topliss-reactive ketones (excluding diaryl/α,β-unsaturated/α-hetero) is 1. The number of carbonyl (C=O) groups excluding carboxylic acids is 3. The number of hydrogen-bond donors (Lipinski definition) is 2. The fourth-order valence-electron chi connectivity index (χ4n) is 3.07. The molecule has 29 heavy (non-hydrogen) atoms. The molecular weight excluding hydrogens is 371 g/mol. The van der Waals surface area contributed by atoms with E-state index < -0.39 is 36.9 Å². The predicted molar refractivity (Wildman–Crippen MR) is 109 cm³/mol. The number of ketones is 1. The summed E-state index contributed by atoms with van der Waals surface area (Å²) in [6.45, 7) is -1.56. The normalized spacial score (nSPS) is 11.6. The van der Waals surface area contributed by atoms with E-state index in [1.54, 1.807) is 12.1 Å². The SMILES string of the molecule is O=C(CF)CNC(=O)[C@H](Cc1ccccc1)NC(=O)c1cccc2ccccc12. The molecule has 0 aliphatic rings. The molecule has 0 heterocycles. The van der Waals surface area contributed by atoms with Gasteiger partial charge in [-0.2, -0.15) is 0 Å². The second-order valence-corrected chi connectivity index (χ2v) is 6.63. The van der Waals surface area contributed by atoms with Crippen molar-refractivity contribution >= 4 is 28.4 Å². The average Bonchev–Trinajstić information content (AvgIpc) is 2.76. The third-order valence-electron chi connectivity index (χ3n) is 4.55. The van der Waals surface area contributed by atoms with Gasteiger partial charge in [0, 0.05) is 12.0 Å². The van der Waals surface area contributed by atoms with Crippen molar-refractivity contribution in [3.8, 4) is 0 Å². The molecule has 0 radical (unpaired) electrons. The summed E-state index contributed by atoms with van der Waals surface area (Å²) in [7, 11) is 0. The Bertz CT molecular complexity index is 1020. The Hall–Kier alpha value is -3.54. The van der Waals surface area contributed by atoms with Gasteiger partial charge in [0.25, 0.3) is 5.91 Å². The van der Waals surface area contributed by atoms with Gasteiger partial charge in [-0.3, -0.25) is 14.4 Å². The van der Waals surface area contributed by atoms with Gasteiger partial charge >= 0.3 is 0 Å². The van der Waals surface area contributed by atoms with Crippen LogP contribution in [0.4, 0.5) is 4.39 Å². The molecule has 5 nitrogen and oxygen atoms in total. The van der Waals surface area contributed by atoms with Gasteiger partial charge in [0.05, 0.1) is 6.54 Å². The van der Waals surface area contributed by atoms with E-state index in [9.17, 15) is 18.8 Å². The van der Waals surface area contributed by atoms with Crippen LogP contribution in [-0.4, -0.2) is 36.9 Å². The third kappa shape index (κ3) is 5.25. The molecule has 0 spiro atoms. The first kappa shape index (κ1) is 20.2. The molecule has 148 valence electrons. The zero-order chi connectivity index (χ0) is 20.6. The van der Waals surface area contributed by atoms with Gasteiger partial charge in [-0.25, -0.2) is 4.39 Å². The predicted octanol–water partition coefficient (Wildman–Crippen LogP) is 2.84. The van der Waals surface area contributed by atoms with Crippen molar-refractivity contribution in [3.63, 3.8) is 0 Å². The van der Waals surface area contributed by atoms with Crippen molar-refractivity contribution in [1.82, 2.24) is 10.6 Å². The van der Waals surface area contributed by atoms with Crippen LogP contribution in [0.2, 0.25) is 0 Å². The Kier molecular flexibility index (Phi) is 6.68. The van der Waals surface area contributed by atoms with Crippen LogP contribution in [0.15, 0.2) is 72.8 Å². The molecule has 0 saturated heterocycles. The molecule has 2 amide bonds. The molecule has 3 aromatic carbocycles. The lowest BCUT2D eigenvalue weighted by atomic mass is 10.0. The third-order valence-corrected chi connectivity index (χ3v) is 4.55. The standard InChI is InChI=1S/C23H21FN2O3/c24-14-18(27)15-25-23(29)21(13-16-7-2-1-3-8-16)26-22(28)20-12-6-10-17-9-4-5-11-19(17)20/h1-12,21H,13-15H2,(H,25,29)(H,26,28)/t21-/m0/s1. The van der Waals surface area contributed by atoms with E-state index in [1.165, 1.54) is 0 Å². The summed E-state index contributed by atoms with van der Waals surface area (Å²) >= 11 is 0. The molecule has 0 aliphatic carbocycles. The molecule has 0 bridgehead atoms. The van der Waals surface area contributed by atoms with Crippen LogP contribution in [0.25, 0.3) is 10.8 Å². The summed E-state index contributed by atoms with van der Waals surface area (Å²) in [6, 6.07) is 21.2. The van der Waals surface area contributed by atoms with Crippen molar-refractivity contribution in [2.45, 2.75) is 12.5 Å². The number of halogens is 1. The van der Waals surface area contributed by atoms with Gasteiger partial charge in [-0.1, -0.05) is 66.7 Å². The number of nitrogens with one attached hydrogen (secondary N) is 2. The van der Waals surface area contributed by atoms with Gasteiger partial charge in [0.1, 0.15) is 12.7 Å². The lowest BCUT2D eigenvalue weighted by Gasteiger charge is -2.19. The van der Waals surface area contributed by atoms with Crippen molar-refractivity contribution in [2.24, 2.45) is 0 Å². The van der Waals surface area contributed by atoms with Crippen LogP contribution < -0.4 is 10.6 Å². The van der Waals surface area contributed by atoms with E-state index in [2.05, 4.69) is 10.6 Å². The number of amides is 2. The minimum absolute atomic E-state index is 0.243. The van der Waals surface area contributed by atoms with Gasteiger partial charge in [0.2, 0.25) is 5.91 Å². The summed E-state index contributed by atoms with van der Waals surface area (Å²) in [6.07, 6.45) is 0.243. The highest BCUT2D eigenvalue weighted by Gasteiger charge is 2.23. The van der Waals surface area contributed by atoms with E-state index >= 15 is 0 Å². The first-order valence-corrected chi connectivity index (χ1v) is 9.26. The molecular formula is C23H21FN2O3. The minimum Gasteiger partial charge on any atom is -0.347 e. The number of rotatable bonds is 8. The highest BCUT2D eigenvalue weighted by atomic mass is 19.1. The molecule has 6 heteroatoms. The molecule has 0 saturated carbocycles. The average molecular weight is 392 g/mol. The number of fused-ring (bicyclic) bond motifs is 1. The number of carbonyl (C=O) groups is 3. The molecule has 0 unspecified atom stereocenters. The Labute approximate surface area is 167 Å². The molecule has 1 atom stereocenters. The van der Waals surface area contributed by atoms with Crippen molar-refractivity contribution < 1.29 is 18.8 Å². The lowest BCUT2D eigenvalue weighted by molar-refractivity contribution is -0.126. The lowest BCUT2D eigenvalue weighted by Crippen LogP contribution is -2.49. The van der Waals surface area contributed by atoms with Crippen molar-refractivity contribution in [2.75, 3.05) is 13.2 Å². The highest BCUT2D eigenvalue weighted by molar-refractivity contribution is 6.08. The van der Waals surface area contributed by atoms with Crippen LogP contribution in [0.5, 0.6) is 0 Å². The summed E-state index contributed by atoms with van der Waals surface area (Å²) in [5.74, 6) is -1.66. The monoisotopic (exact) mass is 392 g/mol. The second kappa shape index (κ2) is 9.59. The molecule has 0 aliphatic heterocycles.